The summed E-state index contributed by atoms with van der Waals surface area (Å²) in [5, 5.41) is 3.02. The molecule has 0 amide bonds. The third-order valence-corrected chi connectivity index (χ3v) is 5.65. The van der Waals surface area contributed by atoms with Gasteiger partial charge in [-0.25, -0.2) is 19.4 Å². The number of benzene rings is 1. The largest absolute Gasteiger partial charge is 0.370 e. The molecule has 10 heteroatoms. The lowest BCUT2D eigenvalue weighted by atomic mass is 10.2. The van der Waals surface area contributed by atoms with Gasteiger partial charge in [-0.1, -0.05) is 6.07 Å². The third-order valence-electron chi connectivity index (χ3n) is 4.81. The first-order valence-electron chi connectivity index (χ1n) is 9.10. The van der Waals surface area contributed by atoms with E-state index >= 15 is 0 Å². The summed E-state index contributed by atoms with van der Waals surface area (Å²) in [7, 11) is 0. The van der Waals surface area contributed by atoms with Crippen molar-refractivity contribution in [2.24, 2.45) is 10.7 Å². The summed E-state index contributed by atoms with van der Waals surface area (Å²) in [6.07, 6.45) is 5.22. The van der Waals surface area contributed by atoms with Crippen molar-refractivity contribution in [3.8, 4) is 5.69 Å². The van der Waals surface area contributed by atoms with Gasteiger partial charge in [-0.05, 0) is 24.6 Å². The number of nitrogens with zero attached hydrogens (tertiary/aromatic N) is 6. The first-order valence-corrected chi connectivity index (χ1v) is 9.98. The standard InChI is InChI=1S/C19H22FN7S.HI/c1-14-22-4-6-27(14)17-3-2-15(12-16(17)20)13-24-18(21)25-7-9-26(10-8-25)19-23-5-11-28-19;/h2-6,11-12H,7-10,13H2,1H3,(H2,21,24);1H. The normalized spacial score (nSPS) is 14.8. The minimum Gasteiger partial charge on any atom is -0.370 e. The smallest absolute Gasteiger partial charge is 0.191 e. The van der Waals surface area contributed by atoms with Gasteiger partial charge in [-0.3, -0.25) is 0 Å². The van der Waals surface area contributed by atoms with Gasteiger partial charge in [0.25, 0.3) is 0 Å². The number of aliphatic imine (C=N–C) groups is 1. The van der Waals surface area contributed by atoms with Crippen LogP contribution < -0.4 is 10.6 Å². The number of thiazole rings is 1. The van der Waals surface area contributed by atoms with E-state index in [1.165, 1.54) is 6.07 Å². The van der Waals surface area contributed by atoms with E-state index in [1.807, 2.05) is 24.6 Å². The van der Waals surface area contributed by atoms with Crippen LogP contribution in [0.4, 0.5) is 9.52 Å². The quantitative estimate of drug-likeness (QED) is 0.321. The van der Waals surface area contributed by atoms with Crippen LogP contribution in [0.1, 0.15) is 11.4 Å². The molecule has 0 unspecified atom stereocenters. The monoisotopic (exact) mass is 527 g/mol. The Hall–Kier alpha value is -2.21. The second-order valence-electron chi connectivity index (χ2n) is 6.59. The van der Waals surface area contributed by atoms with E-state index in [4.69, 9.17) is 5.73 Å². The second kappa shape index (κ2) is 9.53. The first-order chi connectivity index (χ1) is 13.6. The Labute approximate surface area is 190 Å². The fourth-order valence-corrected chi connectivity index (χ4v) is 3.94. The first kappa shape index (κ1) is 21.5. The van der Waals surface area contributed by atoms with Crippen LogP contribution in [0.25, 0.3) is 5.69 Å². The van der Waals surface area contributed by atoms with Gasteiger partial charge in [0.1, 0.15) is 11.6 Å². The molecule has 0 bridgehead atoms. The summed E-state index contributed by atoms with van der Waals surface area (Å²) < 4.78 is 16.2. The molecule has 1 fully saturated rings. The SMILES string of the molecule is Cc1nccn1-c1ccc(CN=C(N)N2CCN(c3nccs3)CC2)cc1F.I. The molecule has 0 saturated carbocycles. The summed E-state index contributed by atoms with van der Waals surface area (Å²) >= 11 is 1.64. The van der Waals surface area contributed by atoms with Gasteiger partial charge in [0.2, 0.25) is 0 Å². The molecule has 2 N–H and O–H groups in total. The Kier molecular flexibility index (Phi) is 7.06. The highest BCUT2D eigenvalue weighted by Gasteiger charge is 2.19. The van der Waals surface area contributed by atoms with Crippen molar-refractivity contribution in [2.45, 2.75) is 13.5 Å². The van der Waals surface area contributed by atoms with E-state index in [1.54, 1.807) is 34.4 Å². The van der Waals surface area contributed by atoms with Crippen molar-refractivity contribution in [3.63, 3.8) is 0 Å². The van der Waals surface area contributed by atoms with Crippen LogP contribution in [-0.4, -0.2) is 51.6 Å². The number of piperazine rings is 1. The molecule has 1 saturated heterocycles. The van der Waals surface area contributed by atoms with Gasteiger partial charge in [-0.2, -0.15) is 0 Å². The number of aromatic nitrogens is 3. The van der Waals surface area contributed by atoms with Crippen molar-refractivity contribution >= 4 is 46.4 Å². The van der Waals surface area contributed by atoms with Crippen LogP contribution in [-0.2, 0) is 6.54 Å². The molecular formula is C19H23FIN7S. The van der Waals surface area contributed by atoms with Crippen molar-refractivity contribution in [1.82, 2.24) is 19.4 Å². The van der Waals surface area contributed by atoms with E-state index in [9.17, 15) is 4.39 Å². The molecule has 3 aromatic rings. The molecule has 154 valence electrons. The van der Waals surface area contributed by atoms with Gasteiger partial charge in [0.15, 0.2) is 11.1 Å². The number of hydrogen-bond donors (Lipinski definition) is 1. The number of rotatable bonds is 4. The van der Waals surface area contributed by atoms with Crippen LogP contribution in [0.5, 0.6) is 0 Å². The average Bonchev–Trinajstić information content (AvgIpc) is 3.38. The number of aryl methyl sites for hydroxylation is 1. The van der Waals surface area contributed by atoms with Gasteiger partial charge in [-0.15, -0.1) is 35.3 Å². The van der Waals surface area contributed by atoms with Crippen molar-refractivity contribution in [3.05, 3.63) is 59.4 Å². The number of guanidine groups is 1. The van der Waals surface area contributed by atoms with Gasteiger partial charge >= 0.3 is 0 Å². The Morgan fingerprint density at radius 2 is 2.00 bits per heavy atom. The topological polar surface area (TPSA) is 75.6 Å². The summed E-state index contributed by atoms with van der Waals surface area (Å²) in [4.78, 5) is 17.3. The molecule has 0 atom stereocenters. The molecule has 7 nitrogen and oxygen atoms in total. The lowest BCUT2D eigenvalue weighted by Gasteiger charge is -2.35. The lowest BCUT2D eigenvalue weighted by molar-refractivity contribution is 0.380. The van der Waals surface area contributed by atoms with E-state index in [2.05, 4.69) is 24.8 Å². The zero-order valence-electron chi connectivity index (χ0n) is 16.0. The van der Waals surface area contributed by atoms with E-state index in [0.717, 1.165) is 42.7 Å². The summed E-state index contributed by atoms with van der Waals surface area (Å²) in [5.74, 6) is 0.934. The number of nitrogens with two attached hydrogens (primary N) is 1. The zero-order valence-corrected chi connectivity index (χ0v) is 19.2. The molecule has 0 radical (unpaired) electrons. The highest BCUT2D eigenvalue weighted by molar-refractivity contribution is 14.0. The number of halogens is 2. The minimum atomic E-state index is -0.301. The molecular weight excluding hydrogens is 504 g/mol. The molecule has 29 heavy (non-hydrogen) atoms. The predicted molar refractivity (Wildman–Crippen MR) is 125 cm³/mol. The van der Waals surface area contributed by atoms with Crippen LogP contribution >= 0.6 is 35.3 Å². The van der Waals surface area contributed by atoms with Crippen molar-refractivity contribution in [1.29, 1.82) is 0 Å². The number of hydrogen-bond acceptors (Lipinski definition) is 5. The Balaban J connectivity index is 0.00000240. The Bertz CT molecular complexity index is 965. The van der Waals surface area contributed by atoms with Gasteiger partial charge < -0.3 is 20.1 Å². The van der Waals surface area contributed by atoms with Gasteiger partial charge in [0, 0.05) is 50.1 Å². The Morgan fingerprint density at radius 1 is 1.21 bits per heavy atom. The average molecular weight is 527 g/mol. The summed E-state index contributed by atoms with van der Waals surface area (Å²) in [6, 6.07) is 5.12. The molecule has 0 spiro atoms. The highest BCUT2D eigenvalue weighted by Crippen LogP contribution is 2.19. The molecule has 1 aliphatic rings. The zero-order chi connectivity index (χ0) is 19.5. The summed E-state index contributed by atoms with van der Waals surface area (Å²) in [5.41, 5.74) is 7.43. The second-order valence-corrected chi connectivity index (χ2v) is 7.47. The maximum absolute atomic E-state index is 14.5. The fourth-order valence-electron chi connectivity index (χ4n) is 3.25. The van der Waals surface area contributed by atoms with E-state index < -0.39 is 0 Å². The molecule has 0 aliphatic carbocycles. The summed E-state index contributed by atoms with van der Waals surface area (Å²) in [6.45, 7) is 5.49. The van der Waals surface area contributed by atoms with Crippen LogP contribution in [0, 0.1) is 12.7 Å². The molecule has 1 aliphatic heterocycles. The molecule has 1 aromatic carbocycles. The van der Waals surface area contributed by atoms with Crippen molar-refractivity contribution in [2.75, 3.05) is 31.1 Å². The number of imidazole rings is 1. The predicted octanol–water partition coefficient (Wildman–Crippen LogP) is 3.03. The maximum atomic E-state index is 14.5. The highest BCUT2D eigenvalue weighted by atomic mass is 127. The van der Waals surface area contributed by atoms with Gasteiger partial charge in [0.05, 0.1) is 12.2 Å². The van der Waals surface area contributed by atoms with E-state index in [-0.39, 0.29) is 29.8 Å². The van der Waals surface area contributed by atoms with E-state index in [0.29, 0.717) is 18.2 Å². The number of anilines is 1. The van der Waals surface area contributed by atoms with Crippen LogP contribution in [0.2, 0.25) is 0 Å². The minimum absolute atomic E-state index is 0. The molecule has 2 aromatic heterocycles. The molecule has 4 rings (SSSR count). The lowest BCUT2D eigenvalue weighted by Crippen LogP contribution is -2.51. The third kappa shape index (κ3) is 4.86. The fraction of sp³-hybridized carbons (Fsp3) is 0.316. The van der Waals surface area contributed by atoms with Crippen LogP contribution in [0.3, 0.4) is 0 Å². The van der Waals surface area contributed by atoms with Crippen molar-refractivity contribution < 1.29 is 4.39 Å². The maximum Gasteiger partial charge on any atom is 0.191 e. The van der Waals surface area contributed by atoms with Crippen LogP contribution in [0.15, 0.2) is 47.2 Å². The molecule has 3 heterocycles. The Morgan fingerprint density at radius 3 is 2.62 bits per heavy atom.